The van der Waals surface area contributed by atoms with E-state index in [1.807, 2.05) is 44.4 Å². The van der Waals surface area contributed by atoms with Crippen molar-refractivity contribution in [3.8, 4) is 5.75 Å². The van der Waals surface area contributed by atoms with Crippen LogP contribution in [0.4, 0.5) is 5.69 Å². The standard InChI is InChI=1S/C18H24N4O2/c1-4-21-13-15(24-17-9-6-5-8-16(17)21)12-20(3)18(23)14(2)22-11-7-10-19-22/h5-11,14-15H,4,12-13H2,1-3H3/t14-,15-/m0/s1. The van der Waals surface area contributed by atoms with Crippen molar-refractivity contribution in [3.05, 3.63) is 42.7 Å². The molecule has 0 aliphatic carbocycles. The van der Waals surface area contributed by atoms with Crippen molar-refractivity contribution in [3.63, 3.8) is 0 Å². The Bertz CT molecular complexity index is 686. The van der Waals surface area contributed by atoms with Crippen LogP contribution in [0.2, 0.25) is 0 Å². The Kier molecular flexibility index (Phi) is 4.74. The van der Waals surface area contributed by atoms with Gasteiger partial charge in [0.05, 0.1) is 18.8 Å². The topological polar surface area (TPSA) is 50.6 Å². The van der Waals surface area contributed by atoms with E-state index in [0.717, 1.165) is 24.5 Å². The van der Waals surface area contributed by atoms with Gasteiger partial charge in [0.2, 0.25) is 5.91 Å². The minimum atomic E-state index is -0.317. The fourth-order valence-corrected chi connectivity index (χ4v) is 3.11. The molecule has 0 radical (unpaired) electrons. The van der Waals surface area contributed by atoms with E-state index < -0.39 is 0 Å². The lowest BCUT2D eigenvalue weighted by atomic mass is 10.1. The molecule has 0 fully saturated rings. The number of aromatic nitrogens is 2. The molecule has 1 aliphatic heterocycles. The van der Waals surface area contributed by atoms with Gasteiger partial charge in [-0.25, -0.2) is 0 Å². The quantitative estimate of drug-likeness (QED) is 0.844. The summed E-state index contributed by atoms with van der Waals surface area (Å²) in [6.07, 6.45) is 3.45. The van der Waals surface area contributed by atoms with Crippen molar-refractivity contribution in [2.45, 2.75) is 26.0 Å². The fourth-order valence-electron chi connectivity index (χ4n) is 3.11. The maximum atomic E-state index is 12.6. The third-order valence-electron chi connectivity index (χ3n) is 4.44. The highest BCUT2D eigenvalue weighted by molar-refractivity contribution is 5.79. The number of ether oxygens (including phenoxy) is 1. The number of likely N-dealkylation sites (N-methyl/N-ethyl adjacent to an activating group) is 2. The molecule has 128 valence electrons. The highest BCUT2D eigenvalue weighted by Gasteiger charge is 2.28. The molecular formula is C18H24N4O2. The summed E-state index contributed by atoms with van der Waals surface area (Å²) >= 11 is 0. The maximum Gasteiger partial charge on any atom is 0.247 e. The summed E-state index contributed by atoms with van der Waals surface area (Å²) in [6.45, 7) is 6.24. The Hall–Kier alpha value is -2.50. The molecule has 0 N–H and O–H groups in total. The second-order valence-corrected chi connectivity index (χ2v) is 6.13. The van der Waals surface area contributed by atoms with Crippen LogP contribution in [-0.2, 0) is 4.79 Å². The number of carbonyl (C=O) groups excluding carboxylic acids is 1. The molecule has 24 heavy (non-hydrogen) atoms. The van der Waals surface area contributed by atoms with E-state index in [-0.39, 0.29) is 18.1 Å². The number of para-hydroxylation sites is 2. The van der Waals surface area contributed by atoms with E-state index in [1.165, 1.54) is 0 Å². The van der Waals surface area contributed by atoms with E-state index in [1.54, 1.807) is 15.8 Å². The minimum absolute atomic E-state index is 0.0317. The Morgan fingerprint density at radius 3 is 2.92 bits per heavy atom. The largest absolute Gasteiger partial charge is 0.485 e. The first-order valence-corrected chi connectivity index (χ1v) is 8.35. The smallest absolute Gasteiger partial charge is 0.247 e. The van der Waals surface area contributed by atoms with Gasteiger partial charge in [0, 0.05) is 26.0 Å². The molecular weight excluding hydrogens is 304 g/mol. The van der Waals surface area contributed by atoms with Crippen LogP contribution in [0.5, 0.6) is 5.75 Å². The Morgan fingerprint density at radius 2 is 2.21 bits per heavy atom. The SMILES string of the molecule is CCN1C[C@H](CN(C)C(=O)[C@H](C)n2cccn2)Oc2ccccc21. The lowest BCUT2D eigenvalue weighted by Gasteiger charge is -2.37. The molecule has 6 nitrogen and oxygen atoms in total. The first kappa shape index (κ1) is 16.4. The molecule has 0 saturated heterocycles. The molecule has 1 aromatic heterocycles. The highest BCUT2D eigenvalue weighted by Crippen LogP contribution is 2.32. The minimum Gasteiger partial charge on any atom is -0.485 e. The van der Waals surface area contributed by atoms with Gasteiger partial charge in [-0.1, -0.05) is 12.1 Å². The second kappa shape index (κ2) is 6.95. The van der Waals surface area contributed by atoms with Gasteiger partial charge >= 0.3 is 0 Å². The van der Waals surface area contributed by atoms with E-state index in [9.17, 15) is 4.79 Å². The highest BCUT2D eigenvalue weighted by atomic mass is 16.5. The zero-order valence-electron chi connectivity index (χ0n) is 14.4. The summed E-state index contributed by atoms with van der Waals surface area (Å²) in [5, 5.41) is 4.15. The molecule has 2 aromatic rings. The monoisotopic (exact) mass is 328 g/mol. The van der Waals surface area contributed by atoms with Crippen LogP contribution in [0.15, 0.2) is 42.7 Å². The number of nitrogens with zero attached hydrogens (tertiary/aromatic N) is 4. The number of hydrogen-bond donors (Lipinski definition) is 0. The number of carbonyl (C=O) groups is 1. The Morgan fingerprint density at radius 1 is 1.42 bits per heavy atom. The van der Waals surface area contributed by atoms with Gasteiger partial charge < -0.3 is 14.5 Å². The summed E-state index contributed by atoms with van der Waals surface area (Å²) in [7, 11) is 1.82. The summed E-state index contributed by atoms with van der Waals surface area (Å²) < 4.78 is 7.77. The van der Waals surface area contributed by atoms with Gasteiger partial charge in [-0.05, 0) is 32.0 Å². The van der Waals surface area contributed by atoms with Gasteiger partial charge in [-0.3, -0.25) is 9.48 Å². The molecule has 1 amide bonds. The van der Waals surface area contributed by atoms with E-state index >= 15 is 0 Å². The van der Waals surface area contributed by atoms with Crippen molar-refractivity contribution < 1.29 is 9.53 Å². The predicted molar refractivity (Wildman–Crippen MR) is 93.3 cm³/mol. The van der Waals surface area contributed by atoms with Crippen molar-refractivity contribution in [1.82, 2.24) is 14.7 Å². The molecule has 1 aliphatic rings. The zero-order valence-corrected chi connectivity index (χ0v) is 14.4. The summed E-state index contributed by atoms with van der Waals surface area (Å²) in [6, 6.07) is 9.56. The number of hydrogen-bond acceptors (Lipinski definition) is 4. The van der Waals surface area contributed by atoms with E-state index in [0.29, 0.717) is 6.54 Å². The van der Waals surface area contributed by atoms with Crippen molar-refractivity contribution in [2.75, 3.05) is 31.6 Å². The normalized spacial score (nSPS) is 17.8. The van der Waals surface area contributed by atoms with Crippen molar-refractivity contribution in [1.29, 1.82) is 0 Å². The summed E-state index contributed by atoms with van der Waals surface area (Å²) in [4.78, 5) is 16.6. The molecule has 0 unspecified atom stereocenters. The lowest BCUT2D eigenvalue weighted by Crippen LogP contribution is -2.47. The number of amides is 1. The Balaban J connectivity index is 1.67. The van der Waals surface area contributed by atoms with Gasteiger partial charge in [0.1, 0.15) is 17.9 Å². The van der Waals surface area contributed by atoms with Crippen LogP contribution in [0.25, 0.3) is 0 Å². The Labute approximate surface area is 142 Å². The van der Waals surface area contributed by atoms with Gasteiger partial charge in [-0.15, -0.1) is 0 Å². The molecule has 0 saturated carbocycles. The van der Waals surface area contributed by atoms with Crippen LogP contribution in [0.1, 0.15) is 19.9 Å². The first-order valence-electron chi connectivity index (χ1n) is 8.35. The van der Waals surface area contributed by atoms with Crippen LogP contribution in [0, 0.1) is 0 Å². The number of anilines is 1. The molecule has 1 aromatic carbocycles. The molecule has 0 bridgehead atoms. The van der Waals surface area contributed by atoms with Crippen molar-refractivity contribution >= 4 is 11.6 Å². The first-order chi connectivity index (χ1) is 11.6. The van der Waals surface area contributed by atoms with Crippen LogP contribution < -0.4 is 9.64 Å². The average Bonchev–Trinajstić information content (AvgIpc) is 3.14. The van der Waals surface area contributed by atoms with Crippen molar-refractivity contribution in [2.24, 2.45) is 0 Å². The predicted octanol–water partition coefficient (Wildman–Crippen LogP) is 2.19. The fraction of sp³-hybridized carbons (Fsp3) is 0.444. The summed E-state index contributed by atoms with van der Waals surface area (Å²) in [5.41, 5.74) is 1.12. The van der Waals surface area contributed by atoms with Crippen LogP contribution >= 0.6 is 0 Å². The molecule has 0 spiro atoms. The number of fused-ring (bicyclic) bond motifs is 1. The average molecular weight is 328 g/mol. The number of benzene rings is 1. The van der Waals surface area contributed by atoms with Crippen LogP contribution in [-0.4, -0.2) is 53.4 Å². The third kappa shape index (κ3) is 3.22. The molecule has 3 rings (SSSR count). The van der Waals surface area contributed by atoms with Gasteiger partial charge in [-0.2, -0.15) is 5.10 Å². The third-order valence-corrected chi connectivity index (χ3v) is 4.44. The summed E-state index contributed by atoms with van der Waals surface area (Å²) in [5.74, 6) is 0.917. The molecule has 6 heteroatoms. The number of rotatable bonds is 5. The van der Waals surface area contributed by atoms with E-state index in [4.69, 9.17) is 4.74 Å². The van der Waals surface area contributed by atoms with E-state index in [2.05, 4.69) is 23.0 Å². The zero-order chi connectivity index (χ0) is 17.1. The second-order valence-electron chi connectivity index (χ2n) is 6.13. The van der Waals surface area contributed by atoms with Gasteiger partial charge in [0.25, 0.3) is 0 Å². The maximum absolute atomic E-state index is 12.6. The molecule has 2 heterocycles. The van der Waals surface area contributed by atoms with Crippen LogP contribution in [0.3, 0.4) is 0 Å². The molecule has 2 atom stereocenters. The lowest BCUT2D eigenvalue weighted by molar-refractivity contribution is -0.134. The van der Waals surface area contributed by atoms with Gasteiger partial charge in [0.15, 0.2) is 0 Å².